The molecule has 1 rings (SSSR count). The molecule has 1 fully saturated rings. The summed E-state index contributed by atoms with van der Waals surface area (Å²) in [6, 6.07) is 0. The van der Waals surface area contributed by atoms with Crippen molar-refractivity contribution in [3.05, 3.63) is 0 Å². The van der Waals surface area contributed by atoms with Crippen molar-refractivity contribution >= 4 is 5.97 Å². The van der Waals surface area contributed by atoms with Gasteiger partial charge in [-0.3, -0.25) is 4.79 Å². The summed E-state index contributed by atoms with van der Waals surface area (Å²) in [5, 5.41) is 9.47. The highest BCUT2D eigenvalue weighted by Crippen LogP contribution is 2.53. The fourth-order valence-electron chi connectivity index (χ4n) is 2.88. The van der Waals surface area contributed by atoms with E-state index in [9.17, 15) is 36.2 Å². The number of hydrogen-bond acceptors (Lipinski definition) is 3. The summed E-state index contributed by atoms with van der Waals surface area (Å²) in [6.45, 7) is 6.56. The maximum Gasteiger partial charge on any atom is 0.426 e. The molecule has 0 unspecified atom stereocenters. The molecule has 0 saturated heterocycles. The zero-order chi connectivity index (χ0) is 19.9. The number of hydrogen-bond donors (Lipinski definition) is 1. The third-order valence-electron chi connectivity index (χ3n) is 5.27. The molecule has 0 aliphatic heterocycles. The first kappa shape index (κ1) is 22.1. The van der Waals surface area contributed by atoms with Gasteiger partial charge in [-0.05, 0) is 52.9 Å². The van der Waals surface area contributed by atoms with E-state index in [1.165, 1.54) is 6.92 Å². The monoisotopic (exact) mass is 378 g/mol. The predicted octanol–water partition coefficient (Wildman–Crippen LogP) is 4.77. The standard InChI is InChI=1S/C16H24F6O3/c1-5-12(2,3)11(23)25-13(4)8-6-10(7-9-13)14(24,15(17,18)19)16(20,21)22/h10,24H,5-9H2,1-4H3. The number of carbonyl (C=O) groups excluding carboxylic acids is 1. The SMILES string of the molecule is CCC(C)(C)C(=O)OC1(C)CCC(C(O)(C(F)(F)F)C(F)(F)F)CC1. The smallest absolute Gasteiger partial charge is 0.426 e. The summed E-state index contributed by atoms with van der Waals surface area (Å²) in [4.78, 5) is 12.1. The zero-order valence-electron chi connectivity index (χ0n) is 14.6. The van der Waals surface area contributed by atoms with Crippen LogP contribution in [0.4, 0.5) is 26.3 Å². The molecule has 0 amide bonds. The number of aliphatic hydroxyl groups is 1. The molecule has 0 spiro atoms. The second-order valence-corrected chi connectivity index (χ2v) is 7.61. The van der Waals surface area contributed by atoms with E-state index in [1.54, 1.807) is 20.8 Å². The minimum atomic E-state index is -5.83. The van der Waals surface area contributed by atoms with E-state index in [4.69, 9.17) is 4.74 Å². The van der Waals surface area contributed by atoms with Crippen LogP contribution in [0.3, 0.4) is 0 Å². The second-order valence-electron chi connectivity index (χ2n) is 7.61. The molecular formula is C16H24F6O3. The highest BCUT2D eigenvalue weighted by atomic mass is 19.4. The van der Waals surface area contributed by atoms with Crippen LogP contribution >= 0.6 is 0 Å². The molecule has 0 aromatic carbocycles. The third-order valence-corrected chi connectivity index (χ3v) is 5.27. The Morgan fingerprint density at radius 1 is 1.08 bits per heavy atom. The Kier molecular flexibility index (Phi) is 5.85. The molecule has 1 N–H and O–H groups in total. The Morgan fingerprint density at radius 2 is 1.48 bits per heavy atom. The second kappa shape index (κ2) is 6.63. The normalized spacial score (nSPS) is 26.4. The van der Waals surface area contributed by atoms with Gasteiger partial charge in [-0.15, -0.1) is 0 Å². The van der Waals surface area contributed by atoms with E-state index >= 15 is 0 Å². The summed E-state index contributed by atoms with van der Waals surface area (Å²) in [5.74, 6) is -2.57. The van der Waals surface area contributed by atoms with Crippen molar-refractivity contribution in [1.29, 1.82) is 0 Å². The molecule has 3 nitrogen and oxygen atoms in total. The van der Waals surface area contributed by atoms with Crippen molar-refractivity contribution in [1.82, 2.24) is 0 Å². The fourth-order valence-corrected chi connectivity index (χ4v) is 2.88. The van der Waals surface area contributed by atoms with Crippen molar-refractivity contribution < 1.29 is 41.0 Å². The lowest BCUT2D eigenvalue weighted by Crippen LogP contribution is -2.62. The molecule has 1 aliphatic rings. The first-order chi connectivity index (χ1) is 11.0. The number of ether oxygens (including phenoxy) is 1. The van der Waals surface area contributed by atoms with Gasteiger partial charge in [-0.25, -0.2) is 0 Å². The van der Waals surface area contributed by atoms with Gasteiger partial charge in [0.15, 0.2) is 0 Å². The van der Waals surface area contributed by atoms with Crippen molar-refractivity contribution in [3.8, 4) is 0 Å². The summed E-state index contributed by atoms with van der Waals surface area (Å²) in [5.41, 5.74) is -6.69. The summed E-state index contributed by atoms with van der Waals surface area (Å²) in [6.07, 6.45) is -12.6. The van der Waals surface area contributed by atoms with Gasteiger partial charge in [-0.1, -0.05) is 6.92 Å². The van der Waals surface area contributed by atoms with Gasteiger partial charge in [0, 0.05) is 5.92 Å². The maximum absolute atomic E-state index is 12.9. The van der Waals surface area contributed by atoms with E-state index in [0.717, 1.165) is 0 Å². The number of carbonyl (C=O) groups is 1. The van der Waals surface area contributed by atoms with Crippen molar-refractivity contribution in [2.24, 2.45) is 11.3 Å². The quantitative estimate of drug-likeness (QED) is 0.566. The predicted molar refractivity (Wildman–Crippen MR) is 77.6 cm³/mol. The van der Waals surface area contributed by atoms with Crippen LogP contribution in [0.25, 0.3) is 0 Å². The third kappa shape index (κ3) is 4.23. The van der Waals surface area contributed by atoms with Gasteiger partial charge in [-0.2, -0.15) is 26.3 Å². The Hall–Kier alpha value is -0.990. The molecule has 9 heteroatoms. The molecule has 0 heterocycles. The average Bonchev–Trinajstić information content (AvgIpc) is 2.44. The van der Waals surface area contributed by atoms with E-state index in [0.29, 0.717) is 6.42 Å². The number of rotatable bonds is 4. The van der Waals surface area contributed by atoms with Gasteiger partial charge < -0.3 is 9.84 Å². The molecule has 0 radical (unpaired) electrons. The van der Waals surface area contributed by atoms with Gasteiger partial charge >= 0.3 is 18.3 Å². The van der Waals surface area contributed by atoms with Crippen molar-refractivity contribution in [2.45, 2.75) is 83.4 Å². The molecule has 25 heavy (non-hydrogen) atoms. The average molecular weight is 378 g/mol. The van der Waals surface area contributed by atoms with Gasteiger partial charge in [0.2, 0.25) is 0 Å². The van der Waals surface area contributed by atoms with Crippen LogP contribution in [0.5, 0.6) is 0 Å². The number of halogens is 6. The van der Waals surface area contributed by atoms with E-state index in [2.05, 4.69) is 0 Å². The maximum atomic E-state index is 12.9. The Morgan fingerprint density at radius 3 is 1.80 bits per heavy atom. The van der Waals surface area contributed by atoms with Gasteiger partial charge in [0.1, 0.15) is 5.60 Å². The molecule has 1 saturated carbocycles. The number of esters is 1. The minimum Gasteiger partial charge on any atom is -0.459 e. The first-order valence-corrected chi connectivity index (χ1v) is 8.09. The highest BCUT2D eigenvalue weighted by Gasteiger charge is 2.73. The van der Waals surface area contributed by atoms with Gasteiger partial charge in [0.05, 0.1) is 5.41 Å². The highest BCUT2D eigenvalue weighted by molar-refractivity contribution is 5.76. The Balaban J connectivity index is 2.92. The minimum absolute atomic E-state index is 0.183. The summed E-state index contributed by atoms with van der Waals surface area (Å²) in [7, 11) is 0. The molecule has 0 bridgehead atoms. The van der Waals surface area contributed by atoms with Crippen LogP contribution in [0.1, 0.15) is 59.8 Å². The van der Waals surface area contributed by atoms with Crippen molar-refractivity contribution in [2.75, 3.05) is 0 Å². The largest absolute Gasteiger partial charge is 0.459 e. The first-order valence-electron chi connectivity index (χ1n) is 8.09. The summed E-state index contributed by atoms with van der Waals surface area (Å²) < 4.78 is 83.0. The van der Waals surface area contributed by atoms with Gasteiger partial charge in [0.25, 0.3) is 5.60 Å². The topological polar surface area (TPSA) is 46.5 Å². The molecule has 0 aromatic rings. The van der Waals surface area contributed by atoms with Crippen LogP contribution < -0.4 is 0 Å². The van der Waals surface area contributed by atoms with Crippen LogP contribution in [0, 0.1) is 11.3 Å². The lowest BCUT2D eigenvalue weighted by molar-refractivity contribution is -0.388. The summed E-state index contributed by atoms with van der Waals surface area (Å²) >= 11 is 0. The lowest BCUT2D eigenvalue weighted by atomic mass is 9.71. The fraction of sp³-hybridized carbons (Fsp3) is 0.938. The molecular weight excluding hydrogens is 354 g/mol. The molecule has 1 aliphatic carbocycles. The Bertz CT molecular complexity index is 473. The van der Waals surface area contributed by atoms with Crippen LogP contribution in [0.15, 0.2) is 0 Å². The lowest BCUT2D eigenvalue weighted by Gasteiger charge is -2.45. The van der Waals surface area contributed by atoms with E-state index in [-0.39, 0.29) is 12.8 Å². The van der Waals surface area contributed by atoms with Crippen LogP contribution in [-0.4, -0.2) is 34.6 Å². The van der Waals surface area contributed by atoms with Crippen LogP contribution in [-0.2, 0) is 9.53 Å². The molecule has 0 aromatic heterocycles. The zero-order valence-corrected chi connectivity index (χ0v) is 14.6. The Labute approximate surface area is 142 Å². The number of alkyl halides is 6. The van der Waals surface area contributed by atoms with E-state index < -0.39 is 53.7 Å². The van der Waals surface area contributed by atoms with Crippen molar-refractivity contribution in [3.63, 3.8) is 0 Å². The molecule has 148 valence electrons. The van der Waals surface area contributed by atoms with E-state index in [1.807, 2.05) is 0 Å². The van der Waals surface area contributed by atoms with Crippen LogP contribution in [0.2, 0.25) is 0 Å². The molecule has 0 atom stereocenters.